The maximum absolute atomic E-state index is 11.5. The van der Waals surface area contributed by atoms with E-state index in [-0.39, 0.29) is 24.8 Å². The Morgan fingerprint density at radius 1 is 1.47 bits per heavy atom. The monoisotopic (exact) mass is 211 g/mol. The Balaban J connectivity index is 4.05. The maximum atomic E-state index is 11.5. The highest BCUT2D eigenvalue weighted by Gasteiger charge is 2.30. The Bertz CT molecular complexity index is 283. The fourth-order valence-corrected chi connectivity index (χ4v) is 0.900. The van der Waals surface area contributed by atoms with Crippen LogP contribution in [0.2, 0.25) is 0 Å². The summed E-state index contributed by atoms with van der Waals surface area (Å²) in [6.07, 6.45) is 0.683. The summed E-state index contributed by atoms with van der Waals surface area (Å²) in [5.41, 5.74) is -0.997. The molecule has 5 heteroatoms. The minimum Gasteiger partial charge on any atom is -0.359 e. The second-order valence-corrected chi connectivity index (χ2v) is 3.48. The molecule has 0 saturated heterocycles. The Morgan fingerprint density at radius 2 is 2.07 bits per heavy atom. The molecular formula is C10H17N3O2. The average Bonchev–Trinajstić information content (AvgIpc) is 2.27. The Kier molecular flexibility index (Phi) is 5.39. The molecule has 0 aliphatic rings. The van der Waals surface area contributed by atoms with E-state index >= 15 is 0 Å². The third kappa shape index (κ3) is 3.98. The molecule has 1 atom stereocenters. The van der Waals surface area contributed by atoms with Gasteiger partial charge >= 0.3 is 0 Å². The second kappa shape index (κ2) is 6.02. The molecule has 0 aromatic carbocycles. The van der Waals surface area contributed by atoms with Crippen molar-refractivity contribution in [2.75, 3.05) is 13.6 Å². The SMILES string of the molecule is CCC(C)(C#N)C(=O)NCCC(=O)NC. The first-order valence-electron chi connectivity index (χ1n) is 4.90. The number of nitrogens with one attached hydrogen (secondary N) is 2. The lowest BCUT2D eigenvalue weighted by molar-refractivity contribution is -0.127. The molecule has 2 amide bonds. The first-order valence-corrected chi connectivity index (χ1v) is 4.90. The zero-order valence-corrected chi connectivity index (χ0v) is 9.39. The second-order valence-electron chi connectivity index (χ2n) is 3.48. The van der Waals surface area contributed by atoms with Gasteiger partial charge in [0, 0.05) is 20.0 Å². The van der Waals surface area contributed by atoms with Gasteiger partial charge in [0.1, 0.15) is 5.41 Å². The van der Waals surface area contributed by atoms with Crippen LogP contribution < -0.4 is 10.6 Å². The van der Waals surface area contributed by atoms with Crippen molar-refractivity contribution in [3.8, 4) is 6.07 Å². The molecule has 15 heavy (non-hydrogen) atoms. The molecule has 0 fully saturated rings. The molecule has 5 nitrogen and oxygen atoms in total. The van der Waals surface area contributed by atoms with Gasteiger partial charge < -0.3 is 10.6 Å². The first kappa shape index (κ1) is 13.4. The van der Waals surface area contributed by atoms with Gasteiger partial charge in [-0.1, -0.05) is 6.92 Å². The number of hydrogen-bond donors (Lipinski definition) is 2. The van der Waals surface area contributed by atoms with Crippen molar-refractivity contribution in [2.24, 2.45) is 5.41 Å². The number of carbonyl (C=O) groups excluding carboxylic acids is 2. The highest BCUT2D eigenvalue weighted by Crippen LogP contribution is 2.19. The van der Waals surface area contributed by atoms with Crippen molar-refractivity contribution in [2.45, 2.75) is 26.7 Å². The standard InChI is InChI=1S/C10H17N3O2/c1-4-10(2,7-11)9(15)13-6-5-8(14)12-3/h4-6H2,1-3H3,(H,12,14)(H,13,15). The fraction of sp³-hybridized carbons (Fsp3) is 0.700. The summed E-state index contributed by atoms with van der Waals surface area (Å²) in [4.78, 5) is 22.4. The van der Waals surface area contributed by atoms with Crippen LogP contribution in [0.1, 0.15) is 26.7 Å². The van der Waals surface area contributed by atoms with Gasteiger partial charge in [-0.15, -0.1) is 0 Å². The van der Waals surface area contributed by atoms with Crippen molar-refractivity contribution in [3.63, 3.8) is 0 Å². The molecular weight excluding hydrogens is 194 g/mol. The number of hydrogen-bond acceptors (Lipinski definition) is 3. The minimum atomic E-state index is -0.997. The zero-order chi connectivity index (χ0) is 11.9. The van der Waals surface area contributed by atoms with Crippen LogP contribution in [-0.4, -0.2) is 25.4 Å². The predicted molar refractivity (Wildman–Crippen MR) is 55.7 cm³/mol. The molecule has 84 valence electrons. The lowest BCUT2D eigenvalue weighted by Gasteiger charge is -2.18. The van der Waals surface area contributed by atoms with Gasteiger partial charge in [0.2, 0.25) is 11.8 Å². The molecule has 0 rings (SSSR count). The van der Waals surface area contributed by atoms with Crippen molar-refractivity contribution in [3.05, 3.63) is 0 Å². The number of carbonyl (C=O) groups is 2. The van der Waals surface area contributed by atoms with Crippen LogP contribution in [0.4, 0.5) is 0 Å². The molecule has 1 unspecified atom stereocenters. The topological polar surface area (TPSA) is 82.0 Å². The van der Waals surface area contributed by atoms with Crippen molar-refractivity contribution in [1.82, 2.24) is 10.6 Å². The normalized spacial score (nSPS) is 13.5. The van der Waals surface area contributed by atoms with Crippen LogP contribution in [0.25, 0.3) is 0 Å². The third-order valence-corrected chi connectivity index (χ3v) is 2.37. The van der Waals surface area contributed by atoms with E-state index in [1.165, 1.54) is 7.05 Å². The van der Waals surface area contributed by atoms with Crippen LogP contribution in [0.3, 0.4) is 0 Å². The molecule has 0 aliphatic carbocycles. The molecule has 0 bridgehead atoms. The number of rotatable bonds is 5. The van der Waals surface area contributed by atoms with E-state index in [0.29, 0.717) is 6.42 Å². The highest BCUT2D eigenvalue weighted by molar-refractivity contribution is 5.85. The molecule has 0 saturated carbocycles. The first-order chi connectivity index (χ1) is 7.00. The summed E-state index contributed by atoms with van der Waals surface area (Å²) < 4.78 is 0. The van der Waals surface area contributed by atoms with Gasteiger partial charge in [0.05, 0.1) is 6.07 Å². The zero-order valence-electron chi connectivity index (χ0n) is 9.39. The van der Waals surface area contributed by atoms with E-state index in [1.54, 1.807) is 13.8 Å². The van der Waals surface area contributed by atoms with Gasteiger partial charge in [-0.25, -0.2) is 0 Å². The summed E-state index contributed by atoms with van der Waals surface area (Å²) in [5, 5.41) is 13.8. The summed E-state index contributed by atoms with van der Waals surface area (Å²) in [5.74, 6) is -0.457. The maximum Gasteiger partial charge on any atom is 0.240 e. The molecule has 0 radical (unpaired) electrons. The number of nitriles is 1. The molecule has 0 aromatic heterocycles. The number of amides is 2. The largest absolute Gasteiger partial charge is 0.359 e. The van der Waals surface area contributed by atoms with Crippen LogP contribution in [-0.2, 0) is 9.59 Å². The van der Waals surface area contributed by atoms with Gasteiger partial charge in [-0.2, -0.15) is 5.26 Å². The summed E-state index contributed by atoms with van der Waals surface area (Å²) in [6, 6.07) is 1.97. The van der Waals surface area contributed by atoms with Gasteiger partial charge in [0.25, 0.3) is 0 Å². The van der Waals surface area contributed by atoms with E-state index in [4.69, 9.17) is 5.26 Å². The van der Waals surface area contributed by atoms with Crippen molar-refractivity contribution >= 4 is 11.8 Å². The van der Waals surface area contributed by atoms with Crippen molar-refractivity contribution in [1.29, 1.82) is 5.26 Å². The third-order valence-electron chi connectivity index (χ3n) is 2.37. The quantitative estimate of drug-likeness (QED) is 0.680. The van der Waals surface area contributed by atoms with E-state index in [1.807, 2.05) is 6.07 Å². The van der Waals surface area contributed by atoms with Crippen molar-refractivity contribution < 1.29 is 9.59 Å². The molecule has 0 spiro atoms. The Labute approximate surface area is 89.8 Å². The molecule has 0 heterocycles. The lowest BCUT2D eigenvalue weighted by atomic mass is 9.88. The minimum absolute atomic E-state index is 0.134. The average molecular weight is 211 g/mol. The van der Waals surface area contributed by atoms with E-state index in [2.05, 4.69) is 10.6 Å². The lowest BCUT2D eigenvalue weighted by Crippen LogP contribution is -2.39. The van der Waals surface area contributed by atoms with Crippen LogP contribution in [0, 0.1) is 16.7 Å². The summed E-state index contributed by atoms with van der Waals surface area (Å²) in [6.45, 7) is 3.62. The Morgan fingerprint density at radius 3 is 2.47 bits per heavy atom. The molecule has 2 N–H and O–H groups in total. The number of nitrogens with zero attached hydrogens (tertiary/aromatic N) is 1. The molecule has 0 aromatic rings. The fourth-order valence-electron chi connectivity index (χ4n) is 0.900. The highest BCUT2D eigenvalue weighted by atomic mass is 16.2. The van der Waals surface area contributed by atoms with Gasteiger partial charge in [0.15, 0.2) is 0 Å². The van der Waals surface area contributed by atoms with E-state index < -0.39 is 5.41 Å². The molecule has 0 aliphatic heterocycles. The van der Waals surface area contributed by atoms with Crippen LogP contribution in [0.5, 0.6) is 0 Å². The van der Waals surface area contributed by atoms with Crippen LogP contribution in [0.15, 0.2) is 0 Å². The van der Waals surface area contributed by atoms with E-state index in [9.17, 15) is 9.59 Å². The van der Waals surface area contributed by atoms with Gasteiger partial charge in [-0.3, -0.25) is 9.59 Å². The van der Waals surface area contributed by atoms with Gasteiger partial charge in [-0.05, 0) is 13.3 Å². The summed E-state index contributed by atoms with van der Waals surface area (Å²) in [7, 11) is 1.54. The van der Waals surface area contributed by atoms with E-state index in [0.717, 1.165) is 0 Å². The predicted octanol–water partition coefficient (Wildman–Crippen LogP) is 0.179. The summed E-state index contributed by atoms with van der Waals surface area (Å²) >= 11 is 0. The van der Waals surface area contributed by atoms with Crippen LogP contribution >= 0.6 is 0 Å². The smallest absolute Gasteiger partial charge is 0.240 e. The Hall–Kier alpha value is -1.57.